The number of carbonyl (C=O) groups excluding carboxylic acids is 1. The highest BCUT2D eigenvalue weighted by Crippen LogP contribution is 2.39. The van der Waals surface area contributed by atoms with Gasteiger partial charge in [-0.25, -0.2) is 9.38 Å². The van der Waals surface area contributed by atoms with Crippen LogP contribution in [0.2, 0.25) is 0 Å². The third-order valence-corrected chi connectivity index (χ3v) is 5.56. The van der Waals surface area contributed by atoms with E-state index in [4.69, 9.17) is 0 Å². The van der Waals surface area contributed by atoms with E-state index in [2.05, 4.69) is 28.5 Å². The monoisotopic (exact) mass is 393 g/mol. The smallest absolute Gasteiger partial charge is 0.184 e. The van der Waals surface area contributed by atoms with Crippen LogP contribution in [0, 0.1) is 11.7 Å². The molecule has 2 aromatic rings. The summed E-state index contributed by atoms with van der Waals surface area (Å²) in [4.78, 5) is 21.8. The minimum Gasteiger partial charge on any atom is -0.314 e. The Hall–Kier alpha value is -2.66. The summed E-state index contributed by atoms with van der Waals surface area (Å²) in [7, 11) is 1.82. The van der Waals surface area contributed by atoms with Gasteiger partial charge in [-0.1, -0.05) is 13.2 Å². The molecule has 0 saturated heterocycles. The molecule has 0 unspecified atom stereocenters. The van der Waals surface area contributed by atoms with Gasteiger partial charge >= 0.3 is 0 Å². The second-order valence-corrected chi connectivity index (χ2v) is 7.81. The Bertz CT molecular complexity index is 971. The lowest BCUT2D eigenvalue weighted by Gasteiger charge is -2.29. The fourth-order valence-corrected chi connectivity index (χ4v) is 4.12. The summed E-state index contributed by atoms with van der Waals surface area (Å²) in [5, 5.41) is 3.86. The molecule has 1 aliphatic carbocycles. The number of allylic oxidation sites excluding steroid dienone is 1. The third kappa shape index (κ3) is 4.85. The van der Waals surface area contributed by atoms with E-state index >= 15 is 0 Å². The van der Waals surface area contributed by atoms with Gasteiger partial charge in [-0.3, -0.25) is 9.78 Å². The lowest BCUT2D eigenvalue weighted by molar-refractivity contribution is -0.117. The zero-order chi connectivity index (χ0) is 21.0. The Balaban J connectivity index is 1.75. The molecule has 0 atom stereocenters. The molecule has 1 saturated carbocycles. The van der Waals surface area contributed by atoms with Crippen LogP contribution in [-0.2, 0) is 4.79 Å². The highest BCUT2D eigenvalue weighted by Gasteiger charge is 2.30. The number of aliphatic imine (C=N–C) groups is 1. The van der Waals surface area contributed by atoms with Crippen LogP contribution in [0.15, 0.2) is 59.9 Å². The van der Waals surface area contributed by atoms with Crippen molar-refractivity contribution in [3.8, 4) is 0 Å². The first-order valence-electron chi connectivity index (χ1n) is 10.1. The van der Waals surface area contributed by atoms with Crippen LogP contribution < -0.4 is 5.32 Å². The lowest BCUT2D eigenvalue weighted by Crippen LogP contribution is -2.28. The number of hydrogen-bond donors (Lipinski definition) is 1. The van der Waals surface area contributed by atoms with Gasteiger partial charge in [0, 0.05) is 29.7 Å². The van der Waals surface area contributed by atoms with Gasteiger partial charge in [0.25, 0.3) is 0 Å². The zero-order valence-electron chi connectivity index (χ0n) is 17.2. The van der Waals surface area contributed by atoms with Gasteiger partial charge in [-0.15, -0.1) is 0 Å². The topological polar surface area (TPSA) is 54.4 Å². The molecule has 29 heavy (non-hydrogen) atoms. The van der Waals surface area contributed by atoms with Gasteiger partial charge in [0.2, 0.25) is 0 Å². The highest BCUT2D eigenvalue weighted by atomic mass is 19.1. The number of likely N-dealkylation sites (N-methyl/N-ethyl adjacent to an activating group) is 1. The third-order valence-electron chi connectivity index (χ3n) is 5.56. The average Bonchev–Trinajstić information content (AvgIpc) is 2.71. The van der Waals surface area contributed by atoms with Gasteiger partial charge in [-0.2, -0.15) is 0 Å². The molecule has 0 spiro atoms. The number of nitrogens with zero attached hydrogens (tertiary/aromatic N) is 2. The number of Topliss-reactive ketones (excluding diaryl/α,β-unsaturated/α-hetero) is 1. The van der Waals surface area contributed by atoms with Crippen molar-refractivity contribution in [3.63, 3.8) is 0 Å². The number of nitrogens with one attached hydrogen (secondary N) is 1. The van der Waals surface area contributed by atoms with Crippen LogP contribution in [0.5, 0.6) is 0 Å². The van der Waals surface area contributed by atoms with E-state index in [0.29, 0.717) is 29.4 Å². The van der Waals surface area contributed by atoms with E-state index in [1.807, 2.05) is 20.0 Å². The van der Waals surface area contributed by atoms with Crippen molar-refractivity contribution >= 4 is 22.4 Å². The maximum atomic E-state index is 13.8. The molecule has 0 amide bonds. The molecule has 1 aliphatic rings. The quantitative estimate of drug-likeness (QED) is 0.676. The summed E-state index contributed by atoms with van der Waals surface area (Å²) >= 11 is 0. The van der Waals surface area contributed by atoms with Crippen molar-refractivity contribution < 1.29 is 9.18 Å². The Morgan fingerprint density at radius 3 is 2.62 bits per heavy atom. The number of halogens is 1. The summed E-state index contributed by atoms with van der Waals surface area (Å²) < 4.78 is 13.8. The second-order valence-electron chi connectivity index (χ2n) is 7.81. The van der Waals surface area contributed by atoms with Gasteiger partial charge in [0.15, 0.2) is 5.78 Å². The molecule has 0 aliphatic heterocycles. The molecule has 1 N–H and O–H groups in total. The van der Waals surface area contributed by atoms with E-state index in [1.54, 1.807) is 18.3 Å². The molecular formula is C24H28FN3O. The summed E-state index contributed by atoms with van der Waals surface area (Å²) in [5.74, 6) is 0.0447. The fraction of sp³-hybridized carbons (Fsp3) is 0.375. The number of carbonyl (C=O) groups is 1. The first-order valence-corrected chi connectivity index (χ1v) is 10.1. The first kappa shape index (κ1) is 21.1. The van der Waals surface area contributed by atoms with Crippen LogP contribution in [0.4, 0.5) is 4.39 Å². The van der Waals surface area contributed by atoms with E-state index in [9.17, 15) is 9.18 Å². The Labute approximate surface area is 171 Å². The zero-order valence-corrected chi connectivity index (χ0v) is 17.2. The van der Waals surface area contributed by atoms with E-state index in [0.717, 1.165) is 42.1 Å². The summed E-state index contributed by atoms with van der Waals surface area (Å²) in [6, 6.07) is 6.71. The standard InChI is InChI=1S/C24H28FN3O/c1-15(2)23(28-16(3)14-26-4)24(29)18-7-5-17(6-8-18)20-11-12-27-22-10-9-19(25)13-21(20)22/h9-13,17-18,26H,1,3,5-8,14H2,2,4H3. The Morgan fingerprint density at radius 1 is 1.24 bits per heavy atom. The van der Waals surface area contributed by atoms with Crippen LogP contribution >= 0.6 is 0 Å². The average molecular weight is 394 g/mol. The van der Waals surface area contributed by atoms with E-state index in [-0.39, 0.29) is 17.5 Å². The molecule has 0 radical (unpaired) electrons. The number of rotatable bonds is 7. The number of fused-ring (bicyclic) bond motifs is 1. The molecule has 1 fully saturated rings. The number of benzene rings is 1. The molecule has 1 aromatic carbocycles. The molecule has 4 nitrogen and oxygen atoms in total. The van der Waals surface area contributed by atoms with Crippen LogP contribution in [0.1, 0.15) is 44.1 Å². The molecular weight excluding hydrogens is 365 g/mol. The maximum Gasteiger partial charge on any atom is 0.184 e. The molecule has 152 valence electrons. The van der Waals surface area contributed by atoms with Crippen molar-refractivity contribution in [2.45, 2.75) is 38.5 Å². The summed E-state index contributed by atoms with van der Waals surface area (Å²) in [6.07, 6.45) is 5.12. The summed E-state index contributed by atoms with van der Waals surface area (Å²) in [6.45, 7) is 10.2. The minimum absolute atomic E-state index is 0.0545. The molecule has 1 heterocycles. The van der Waals surface area contributed by atoms with Gasteiger partial charge in [0.05, 0.1) is 5.52 Å². The number of hydrogen-bond acceptors (Lipinski definition) is 4. The van der Waals surface area contributed by atoms with Crippen molar-refractivity contribution in [3.05, 3.63) is 66.3 Å². The maximum absolute atomic E-state index is 13.8. The Morgan fingerprint density at radius 2 is 1.97 bits per heavy atom. The Kier molecular flexibility index (Phi) is 6.70. The number of ketones is 1. The fourth-order valence-electron chi connectivity index (χ4n) is 4.12. The first-order chi connectivity index (χ1) is 13.9. The van der Waals surface area contributed by atoms with Crippen LogP contribution in [0.3, 0.4) is 0 Å². The van der Waals surface area contributed by atoms with Crippen molar-refractivity contribution in [1.29, 1.82) is 0 Å². The van der Waals surface area contributed by atoms with Crippen LogP contribution in [-0.4, -0.2) is 30.1 Å². The van der Waals surface area contributed by atoms with Crippen molar-refractivity contribution in [2.75, 3.05) is 13.6 Å². The number of aromatic nitrogens is 1. The van der Waals surface area contributed by atoms with Gasteiger partial charge in [0.1, 0.15) is 11.5 Å². The van der Waals surface area contributed by atoms with E-state index in [1.165, 1.54) is 6.07 Å². The highest BCUT2D eigenvalue weighted by molar-refractivity contribution is 6.46. The van der Waals surface area contributed by atoms with E-state index < -0.39 is 0 Å². The van der Waals surface area contributed by atoms with Gasteiger partial charge in [-0.05, 0) is 81.0 Å². The molecule has 0 bridgehead atoms. The van der Waals surface area contributed by atoms with Crippen molar-refractivity contribution in [1.82, 2.24) is 10.3 Å². The van der Waals surface area contributed by atoms with Crippen LogP contribution in [0.25, 0.3) is 10.9 Å². The summed E-state index contributed by atoms with van der Waals surface area (Å²) in [5.41, 5.74) is 3.66. The predicted octanol–water partition coefficient (Wildman–Crippen LogP) is 4.97. The predicted molar refractivity (Wildman–Crippen MR) is 117 cm³/mol. The van der Waals surface area contributed by atoms with Gasteiger partial charge < -0.3 is 5.32 Å². The lowest BCUT2D eigenvalue weighted by atomic mass is 9.75. The SMILES string of the molecule is C=C(CNC)N=C(C(=C)C)C(=O)C1CCC(c2ccnc3ccc(F)cc23)CC1. The minimum atomic E-state index is -0.250. The number of pyridine rings is 1. The second kappa shape index (κ2) is 9.23. The molecule has 5 heteroatoms. The molecule has 1 aromatic heterocycles. The largest absolute Gasteiger partial charge is 0.314 e. The normalized spacial score (nSPS) is 19.9. The van der Waals surface area contributed by atoms with Crippen molar-refractivity contribution in [2.24, 2.45) is 10.9 Å². The molecule has 3 rings (SSSR count).